The molecule has 2 N–H and O–H groups in total. The van der Waals surface area contributed by atoms with E-state index in [1.54, 1.807) is 18.2 Å². The number of amides is 1. The zero-order valence-electron chi connectivity index (χ0n) is 17.0. The number of hydrogen-bond acceptors (Lipinski definition) is 5. The first-order valence-corrected chi connectivity index (χ1v) is 11.5. The molecule has 3 rings (SSSR count). The summed E-state index contributed by atoms with van der Waals surface area (Å²) in [6.45, 7) is -0.837. The van der Waals surface area contributed by atoms with E-state index in [0.29, 0.717) is 21.3 Å². The van der Waals surface area contributed by atoms with Gasteiger partial charge in [0.2, 0.25) is 10.0 Å². The maximum Gasteiger partial charge on any atom is 0.417 e. The number of alkyl halides is 3. The number of anilines is 1. The minimum Gasteiger partial charge on any atom is -0.507 e. The van der Waals surface area contributed by atoms with Crippen LogP contribution < -0.4 is 9.73 Å². The largest absolute Gasteiger partial charge is 0.507 e. The normalized spacial score (nSPS) is 12.3. The highest BCUT2D eigenvalue weighted by atomic mass is 35.5. The van der Waals surface area contributed by atoms with E-state index in [1.807, 2.05) is 12.1 Å². The highest BCUT2D eigenvalue weighted by Gasteiger charge is 2.34. The molecule has 0 atom stereocenters. The molecule has 0 heterocycles. The fraction of sp³-hybridized carbons (Fsp3) is 0.143. The maximum atomic E-state index is 13.2. The molecule has 0 aromatic heterocycles. The third-order valence-corrected chi connectivity index (χ3v) is 6.03. The molecule has 0 aliphatic rings. The molecule has 0 aliphatic carbocycles. The van der Waals surface area contributed by atoms with Crippen LogP contribution in [0.5, 0.6) is 5.75 Å². The van der Waals surface area contributed by atoms with E-state index in [2.05, 4.69) is 10.5 Å². The first kappa shape index (κ1) is 24.3. The number of hydrogen-bond donors (Lipinski definition) is 2. The smallest absolute Gasteiger partial charge is 0.417 e. The standard InChI is InChI=1S/C21H17ClF3N3O4S/c1-33(31,32)28(14-7-8-18(22)17(10-14)21(23,24)25)12-20(30)27-26-11-16-15-5-3-2-4-13(15)6-9-19(16)29/h2-11,29H,12H2,1H3,(H,27,30)/b26-11-. The summed E-state index contributed by atoms with van der Waals surface area (Å²) in [4.78, 5) is 12.3. The fourth-order valence-electron chi connectivity index (χ4n) is 3.04. The summed E-state index contributed by atoms with van der Waals surface area (Å²) in [6, 6.07) is 12.8. The number of hydrazone groups is 1. The Hall–Kier alpha value is -3.31. The molecule has 0 fully saturated rings. The van der Waals surface area contributed by atoms with Crippen LogP contribution in [-0.4, -0.2) is 38.4 Å². The molecule has 174 valence electrons. The lowest BCUT2D eigenvalue weighted by molar-refractivity contribution is -0.137. The van der Waals surface area contributed by atoms with Crippen molar-refractivity contribution in [2.75, 3.05) is 17.1 Å². The van der Waals surface area contributed by atoms with E-state index < -0.39 is 39.2 Å². The summed E-state index contributed by atoms with van der Waals surface area (Å²) in [5, 5.41) is 14.7. The van der Waals surface area contributed by atoms with E-state index in [-0.39, 0.29) is 11.4 Å². The Morgan fingerprint density at radius 1 is 1.18 bits per heavy atom. The topological polar surface area (TPSA) is 99.1 Å². The van der Waals surface area contributed by atoms with Gasteiger partial charge in [-0.15, -0.1) is 0 Å². The number of phenols is 1. The highest BCUT2D eigenvalue weighted by Crippen LogP contribution is 2.37. The molecule has 0 saturated heterocycles. The molecule has 3 aromatic rings. The van der Waals surface area contributed by atoms with E-state index in [9.17, 15) is 31.5 Å². The summed E-state index contributed by atoms with van der Waals surface area (Å²) in [5.74, 6) is -1.01. The zero-order chi connectivity index (χ0) is 24.4. The number of nitrogens with one attached hydrogen (secondary N) is 1. The van der Waals surface area contributed by atoms with Gasteiger partial charge in [-0.2, -0.15) is 18.3 Å². The first-order chi connectivity index (χ1) is 15.4. The molecule has 3 aromatic carbocycles. The van der Waals surface area contributed by atoms with Gasteiger partial charge in [0, 0.05) is 5.56 Å². The molecule has 1 amide bonds. The second-order valence-electron chi connectivity index (χ2n) is 6.94. The number of carbonyl (C=O) groups is 1. The fourth-order valence-corrected chi connectivity index (χ4v) is 4.11. The molecule has 0 spiro atoms. The van der Waals surface area contributed by atoms with Crippen LogP contribution in [0.25, 0.3) is 10.8 Å². The lowest BCUT2D eigenvalue weighted by Gasteiger charge is -2.22. The maximum absolute atomic E-state index is 13.2. The average Bonchev–Trinajstić information content (AvgIpc) is 2.72. The summed E-state index contributed by atoms with van der Waals surface area (Å²) < 4.78 is 64.3. The minimum atomic E-state index is -4.82. The summed E-state index contributed by atoms with van der Waals surface area (Å²) >= 11 is 5.58. The van der Waals surface area contributed by atoms with Crippen LogP contribution in [0.2, 0.25) is 5.02 Å². The Balaban J connectivity index is 1.83. The van der Waals surface area contributed by atoms with Crippen molar-refractivity contribution in [2.24, 2.45) is 5.10 Å². The third kappa shape index (κ3) is 5.74. The van der Waals surface area contributed by atoms with Gasteiger partial charge in [-0.25, -0.2) is 13.8 Å². The quantitative estimate of drug-likeness (QED) is 0.393. The minimum absolute atomic E-state index is 0.0923. The lowest BCUT2D eigenvalue weighted by Crippen LogP contribution is -2.39. The summed E-state index contributed by atoms with van der Waals surface area (Å²) in [5.41, 5.74) is 0.812. The number of phenolic OH excluding ortho intramolecular Hbond substituents is 1. The molecule has 0 aliphatic heterocycles. The Morgan fingerprint density at radius 2 is 1.88 bits per heavy atom. The predicted molar refractivity (Wildman–Crippen MR) is 120 cm³/mol. The van der Waals surface area contributed by atoms with E-state index in [0.717, 1.165) is 23.8 Å². The molecule has 12 heteroatoms. The van der Waals surface area contributed by atoms with Gasteiger partial charge in [0.15, 0.2) is 0 Å². The first-order valence-electron chi connectivity index (χ1n) is 9.25. The van der Waals surface area contributed by atoms with Gasteiger partial charge >= 0.3 is 6.18 Å². The van der Waals surface area contributed by atoms with E-state index >= 15 is 0 Å². The van der Waals surface area contributed by atoms with Crippen LogP contribution >= 0.6 is 11.6 Å². The molecule has 7 nitrogen and oxygen atoms in total. The summed E-state index contributed by atoms with van der Waals surface area (Å²) in [7, 11) is -4.13. The molecule has 0 saturated carbocycles. The molecule has 0 bridgehead atoms. The van der Waals surface area contributed by atoms with Crippen LogP contribution in [0.1, 0.15) is 11.1 Å². The number of rotatable bonds is 6. The molecule has 0 unspecified atom stereocenters. The van der Waals surface area contributed by atoms with Gasteiger partial charge in [-0.1, -0.05) is 41.9 Å². The Bertz CT molecular complexity index is 1340. The number of nitrogens with zero attached hydrogens (tertiary/aromatic N) is 2. The number of sulfonamides is 1. The SMILES string of the molecule is CS(=O)(=O)N(CC(=O)N/N=C\c1c(O)ccc2ccccc12)c1ccc(Cl)c(C(F)(F)F)c1. The van der Waals surface area contributed by atoms with Gasteiger partial charge < -0.3 is 5.11 Å². The third-order valence-electron chi connectivity index (χ3n) is 4.56. The van der Waals surface area contributed by atoms with Gasteiger partial charge in [-0.3, -0.25) is 9.10 Å². The number of halogens is 4. The van der Waals surface area contributed by atoms with Gasteiger partial charge in [0.05, 0.1) is 28.7 Å². The zero-order valence-corrected chi connectivity index (χ0v) is 18.5. The van der Waals surface area contributed by atoms with Crippen LogP contribution in [0.15, 0.2) is 59.7 Å². The van der Waals surface area contributed by atoms with Gasteiger partial charge in [-0.05, 0) is 35.0 Å². The van der Waals surface area contributed by atoms with Crippen molar-refractivity contribution >= 4 is 50.2 Å². The molecule has 33 heavy (non-hydrogen) atoms. The van der Waals surface area contributed by atoms with E-state index in [1.165, 1.54) is 12.3 Å². The summed E-state index contributed by atoms with van der Waals surface area (Å²) in [6.07, 6.45) is -2.88. The van der Waals surface area contributed by atoms with Crippen molar-refractivity contribution < 1.29 is 31.5 Å². The van der Waals surface area contributed by atoms with Crippen LogP contribution in [0.3, 0.4) is 0 Å². The highest BCUT2D eigenvalue weighted by molar-refractivity contribution is 7.92. The van der Waals surface area contributed by atoms with Crippen molar-refractivity contribution in [3.63, 3.8) is 0 Å². The molecule has 0 radical (unpaired) electrons. The van der Waals surface area contributed by atoms with Gasteiger partial charge in [0.25, 0.3) is 5.91 Å². The van der Waals surface area contributed by atoms with Crippen LogP contribution in [0.4, 0.5) is 18.9 Å². The van der Waals surface area contributed by atoms with Crippen molar-refractivity contribution in [1.29, 1.82) is 0 Å². The van der Waals surface area contributed by atoms with Crippen LogP contribution in [-0.2, 0) is 21.0 Å². The van der Waals surface area contributed by atoms with Gasteiger partial charge in [0.1, 0.15) is 12.3 Å². The van der Waals surface area contributed by atoms with Crippen molar-refractivity contribution in [1.82, 2.24) is 5.43 Å². The number of aromatic hydroxyl groups is 1. The molecular weight excluding hydrogens is 483 g/mol. The lowest BCUT2D eigenvalue weighted by atomic mass is 10.0. The number of benzene rings is 3. The van der Waals surface area contributed by atoms with Crippen molar-refractivity contribution in [3.05, 3.63) is 70.7 Å². The predicted octanol–water partition coefficient (Wildman–Crippen LogP) is 4.13. The second-order valence-corrected chi connectivity index (χ2v) is 9.26. The molecular formula is C21H17ClF3N3O4S. The van der Waals surface area contributed by atoms with Crippen molar-refractivity contribution in [3.8, 4) is 5.75 Å². The number of fused-ring (bicyclic) bond motifs is 1. The van der Waals surface area contributed by atoms with Crippen LogP contribution in [0, 0.1) is 0 Å². The Kier molecular flexibility index (Phi) is 6.84. The second kappa shape index (κ2) is 9.28. The Morgan fingerprint density at radius 3 is 2.55 bits per heavy atom. The Labute approximate surface area is 192 Å². The number of carbonyl (C=O) groups excluding carboxylic acids is 1. The monoisotopic (exact) mass is 499 g/mol. The van der Waals surface area contributed by atoms with Crippen molar-refractivity contribution in [2.45, 2.75) is 6.18 Å². The van der Waals surface area contributed by atoms with E-state index in [4.69, 9.17) is 11.6 Å². The average molecular weight is 500 g/mol.